The first-order valence-electron chi connectivity index (χ1n) is 4.90. The van der Waals surface area contributed by atoms with Crippen molar-refractivity contribution in [2.75, 3.05) is 0 Å². The summed E-state index contributed by atoms with van der Waals surface area (Å²) < 4.78 is 0. The van der Waals surface area contributed by atoms with Gasteiger partial charge in [-0.1, -0.05) is 23.7 Å². The number of hydrogen-bond donors (Lipinski definition) is 2. The Morgan fingerprint density at radius 1 is 0.938 bits per heavy atom. The molecule has 2 aromatic rings. The first-order chi connectivity index (χ1) is 7.65. The van der Waals surface area contributed by atoms with Crippen molar-refractivity contribution in [3.05, 3.63) is 58.6 Å². The molecule has 0 aliphatic carbocycles. The highest BCUT2D eigenvalue weighted by atomic mass is 35.5. The Kier molecular flexibility index (Phi) is 3.02. The molecule has 2 rings (SSSR count). The van der Waals surface area contributed by atoms with Gasteiger partial charge in [0.15, 0.2) is 0 Å². The first-order valence-corrected chi connectivity index (χ1v) is 5.28. The first kappa shape index (κ1) is 10.8. The van der Waals surface area contributed by atoms with Crippen LogP contribution < -0.4 is 0 Å². The van der Waals surface area contributed by atoms with E-state index in [0.717, 1.165) is 5.56 Å². The van der Waals surface area contributed by atoms with Crippen LogP contribution in [0.25, 0.3) is 0 Å². The summed E-state index contributed by atoms with van der Waals surface area (Å²) in [5, 5.41) is 19.6. The molecule has 0 saturated carbocycles. The second-order valence-electron chi connectivity index (χ2n) is 3.62. The van der Waals surface area contributed by atoms with Crippen LogP contribution in [0.15, 0.2) is 42.5 Å². The van der Waals surface area contributed by atoms with Gasteiger partial charge in [0, 0.05) is 17.0 Å². The quantitative estimate of drug-likeness (QED) is 0.783. The van der Waals surface area contributed by atoms with E-state index in [1.807, 2.05) is 12.1 Å². The third kappa shape index (κ3) is 2.47. The Morgan fingerprint density at radius 3 is 2.31 bits per heavy atom. The molecule has 0 aromatic heterocycles. The normalized spacial score (nSPS) is 10.3. The minimum Gasteiger partial charge on any atom is -0.508 e. The Labute approximate surface area is 98.7 Å². The summed E-state index contributed by atoms with van der Waals surface area (Å²) in [7, 11) is 0. The van der Waals surface area contributed by atoms with Crippen LogP contribution in [-0.4, -0.2) is 10.2 Å². The van der Waals surface area contributed by atoms with E-state index in [9.17, 15) is 10.2 Å². The molecule has 0 aliphatic heterocycles. The maximum absolute atomic E-state index is 9.61. The second kappa shape index (κ2) is 4.45. The van der Waals surface area contributed by atoms with Crippen LogP contribution in [0.2, 0.25) is 5.02 Å². The lowest BCUT2D eigenvalue weighted by Gasteiger charge is -2.05. The van der Waals surface area contributed by atoms with E-state index in [1.54, 1.807) is 18.2 Å². The van der Waals surface area contributed by atoms with Gasteiger partial charge < -0.3 is 10.2 Å². The highest BCUT2D eigenvalue weighted by molar-refractivity contribution is 6.30. The number of rotatable bonds is 2. The molecule has 2 N–H and O–H groups in total. The summed E-state index contributed by atoms with van der Waals surface area (Å²) in [4.78, 5) is 0. The van der Waals surface area contributed by atoms with Crippen molar-refractivity contribution in [3.63, 3.8) is 0 Å². The molecular weight excluding hydrogens is 224 g/mol. The predicted molar refractivity (Wildman–Crippen MR) is 64.0 cm³/mol. The van der Waals surface area contributed by atoms with Crippen LogP contribution in [0.3, 0.4) is 0 Å². The maximum atomic E-state index is 9.61. The van der Waals surface area contributed by atoms with Crippen molar-refractivity contribution in [2.45, 2.75) is 6.42 Å². The van der Waals surface area contributed by atoms with Crippen molar-refractivity contribution < 1.29 is 10.2 Å². The largest absolute Gasteiger partial charge is 0.508 e. The number of phenolic OH excluding ortho intramolecular Hbond substituents is 2. The van der Waals surface area contributed by atoms with Gasteiger partial charge in [-0.3, -0.25) is 0 Å². The molecule has 0 atom stereocenters. The average Bonchev–Trinajstić information content (AvgIpc) is 2.27. The fourth-order valence-corrected chi connectivity index (χ4v) is 1.66. The standard InChI is InChI=1S/C13H11ClO2/c14-11-3-1-9(2-4-11)7-10-8-12(15)5-6-13(10)16/h1-6,8,15-16H,7H2. The van der Waals surface area contributed by atoms with E-state index in [0.29, 0.717) is 17.0 Å². The second-order valence-corrected chi connectivity index (χ2v) is 4.05. The number of halogens is 1. The molecule has 0 heterocycles. The average molecular weight is 235 g/mol. The van der Waals surface area contributed by atoms with E-state index >= 15 is 0 Å². The summed E-state index contributed by atoms with van der Waals surface area (Å²) in [5.74, 6) is 0.342. The zero-order valence-electron chi connectivity index (χ0n) is 8.52. The van der Waals surface area contributed by atoms with Gasteiger partial charge in [-0.05, 0) is 35.9 Å². The monoisotopic (exact) mass is 234 g/mol. The predicted octanol–water partition coefficient (Wildman–Crippen LogP) is 3.34. The lowest BCUT2D eigenvalue weighted by molar-refractivity contribution is 0.455. The Balaban J connectivity index is 2.26. The Hall–Kier alpha value is -1.67. The smallest absolute Gasteiger partial charge is 0.119 e. The van der Waals surface area contributed by atoms with Crippen LogP contribution >= 0.6 is 11.6 Å². The van der Waals surface area contributed by atoms with Crippen LogP contribution in [0.1, 0.15) is 11.1 Å². The van der Waals surface area contributed by atoms with E-state index in [1.165, 1.54) is 12.1 Å². The third-order valence-corrected chi connectivity index (χ3v) is 2.62. The number of phenols is 2. The molecule has 0 unspecified atom stereocenters. The summed E-state index contributed by atoms with van der Waals surface area (Å²) in [6.45, 7) is 0. The number of hydrogen-bond acceptors (Lipinski definition) is 2. The van der Waals surface area contributed by atoms with Gasteiger partial charge in [0.05, 0.1) is 0 Å². The highest BCUT2D eigenvalue weighted by Gasteiger charge is 2.03. The molecule has 16 heavy (non-hydrogen) atoms. The minimum absolute atomic E-state index is 0.154. The Morgan fingerprint density at radius 2 is 1.62 bits per heavy atom. The highest BCUT2D eigenvalue weighted by Crippen LogP contribution is 2.25. The Bertz CT molecular complexity index is 492. The summed E-state index contributed by atoms with van der Waals surface area (Å²) >= 11 is 5.78. The van der Waals surface area contributed by atoms with Gasteiger partial charge in [-0.15, -0.1) is 0 Å². The minimum atomic E-state index is 0.154. The lowest BCUT2D eigenvalue weighted by atomic mass is 10.0. The molecule has 0 fully saturated rings. The van der Waals surface area contributed by atoms with Crippen molar-refractivity contribution in [2.24, 2.45) is 0 Å². The van der Waals surface area contributed by atoms with Gasteiger partial charge in [-0.2, -0.15) is 0 Å². The number of aromatic hydroxyl groups is 2. The molecule has 0 spiro atoms. The van der Waals surface area contributed by atoms with Gasteiger partial charge in [0.1, 0.15) is 11.5 Å². The summed E-state index contributed by atoms with van der Waals surface area (Å²) in [6, 6.07) is 11.9. The molecular formula is C13H11ClO2. The zero-order chi connectivity index (χ0) is 11.5. The number of benzene rings is 2. The zero-order valence-corrected chi connectivity index (χ0v) is 9.28. The van der Waals surface area contributed by atoms with Crippen LogP contribution in [0.5, 0.6) is 11.5 Å². The van der Waals surface area contributed by atoms with Crippen molar-refractivity contribution in [3.8, 4) is 11.5 Å². The van der Waals surface area contributed by atoms with Crippen LogP contribution in [0, 0.1) is 0 Å². The van der Waals surface area contributed by atoms with Crippen molar-refractivity contribution in [1.82, 2.24) is 0 Å². The van der Waals surface area contributed by atoms with Crippen molar-refractivity contribution in [1.29, 1.82) is 0 Å². The molecule has 2 aromatic carbocycles. The van der Waals surface area contributed by atoms with Gasteiger partial charge in [0.2, 0.25) is 0 Å². The van der Waals surface area contributed by atoms with E-state index < -0.39 is 0 Å². The molecule has 0 saturated heterocycles. The van der Waals surface area contributed by atoms with Crippen molar-refractivity contribution >= 4 is 11.6 Å². The molecule has 82 valence electrons. The van der Waals surface area contributed by atoms with Gasteiger partial charge in [0.25, 0.3) is 0 Å². The lowest BCUT2D eigenvalue weighted by Crippen LogP contribution is -1.88. The summed E-state index contributed by atoms with van der Waals surface area (Å²) in [5.41, 5.74) is 1.73. The molecule has 0 aliphatic rings. The fourth-order valence-electron chi connectivity index (χ4n) is 1.54. The molecule has 0 radical (unpaired) electrons. The van der Waals surface area contributed by atoms with E-state index in [4.69, 9.17) is 11.6 Å². The SMILES string of the molecule is Oc1ccc(O)c(Cc2ccc(Cl)cc2)c1. The maximum Gasteiger partial charge on any atom is 0.119 e. The van der Waals surface area contributed by atoms with E-state index in [2.05, 4.69) is 0 Å². The molecule has 2 nitrogen and oxygen atoms in total. The summed E-state index contributed by atoms with van der Waals surface area (Å²) in [6.07, 6.45) is 0.567. The third-order valence-electron chi connectivity index (χ3n) is 2.37. The van der Waals surface area contributed by atoms with Crippen LogP contribution in [-0.2, 0) is 6.42 Å². The van der Waals surface area contributed by atoms with Crippen LogP contribution in [0.4, 0.5) is 0 Å². The molecule has 0 amide bonds. The fraction of sp³-hybridized carbons (Fsp3) is 0.0769. The topological polar surface area (TPSA) is 40.5 Å². The van der Waals surface area contributed by atoms with E-state index in [-0.39, 0.29) is 11.5 Å². The molecule has 3 heteroatoms. The molecule has 0 bridgehead atoms. The van der Waals surface area contributed by atoms with Gasteiger partial charge >= 0.3 is 0 Å². The van der Waals surface area contributed by atoms with Gasteiger partial charge in [-0.25, -0.2) is 0 Å².